The number of nitrogens with zero attached hydrogens (tertiary/aromatic N) is 3. The van der Waals surface area contributed by atoms with Gasteiger partial charge in [-0.05, 0) is 48.7 Å². The van der Waals surface area contributed by atoms with E-state index in [0.717, 1.165) is 25.2 Å². The summed E-state index contributed by atoms with van der Waals surface area (Å²) in [7, 11) is 0. The van der Waals surface area contributed by atoms with E-state index in [2.05, 4.69) is 64.5 Å². The van der Waals surface area contributed by atoms with Crippen LogP contribution >= 0.6 is 0 Å². The molecule has 0 spiro atoms. The second kappa shape index (κ2) is 7.58. The molecule has 1 aliphatic rings. The van der Waals surface area contributed by atoms with Gasteiger partial charge in [-0.15, -0.1) is 0 Å². The van der Waals surface area contributed by atoms with Gasteiger partial charge in [0.2, 0.25) is 0 Å². The van der Waals surface area contributed by atoms with Crippen molar-refractivity contribution >= 4 is 0 Å². The maximum atomic E-state index is 4.98. The van der Waals surface area contributed by atoms with Gasteiger partial charge in [-0.25, -0.2) is 0 Å². The lowest BCUT2D eigenvalue weighted by Gasteiger charge is -2.24. The fourth-order valence-electron chi connectivity index (χ4n) is 3.66. The fraction of sp³-hybridized carbons (Fsp3) is 0.273. The summed E-state index contributed by atoms with van der Waals surface area (Å²) in [6.07, 6.45) is 7.11. The Morgan fingerprint density at radius 1 is 0.920 bits per heavy atom. The van der Waals surface area contributed by atoms with E-state index in [4.69, 9.17) is 4.98 Å². The third-order valence-corrected chi connectivity index (χ3v) is 4.87. The Bertz CT molecular complexity index is 802. The van der Waals surface area contributed by atoms with Crippen molar-refractivity contribution in [1.82, 2.24) is 14.9 Å². The van der Waals surface area contributed by atoms with Gasteiger partial charge in [-0.1, -0.05) is 42.5 Å². The summed E-state index contributed by atoms with van der Waals surface area (Å²) < 4.78 is 0. The Balaban J connectivity index is 1.51. The average molecular weight is 329 g/mol. The monoisotopic (exact) mass is 329 g/mol. The molecule has 1 aliphatic heterocycles. The summed E-state index contributed by atoms with van der Waals surface area (Å²) in [6.45, 7) is 2.08. The zero-order chi connectivity index (χ0) is 16.9. The fourth-order valence-corrected chi connectivity index (χ4v) is 3.66. The van der Waals surface area contributed by atoms with Crippen LogP contribution in [-0.4, -0.2) is 21.4 Å². The van der Waals surface area contributed by atoms with Gasteiger partial charge in [0.25, 0.3) is 0 Å². The van der Waals surface area contributed by atoms with Gasteiger partial charge in [0.15, 0.2) is 0 Å². The van der Waals surface area contributed by atoms with E-state index >= 15 is 0 Å². The highest BCUT2D eigenvalue weighted by molar-refractivity contribution is 5.24. The van der Waals surface area contributed by atoms with Gasteiger partial charge in [-0.2, -0.15) is 0 Å². The van der Waals surface area contributed by atoms with Crippen molar-refractivity contribution in [3.05, 3.63) is 95.6 Å². The molecular formula is C22H23N3. The molecule has 1 atom stereocenters. The maximum Gasteiger partial charge on any atom is 0.0578 e. The number of benzene rings is 1. The Morgan fingerprint density at radius 3 is 2.64 bits per heavy atom. The minimum atomic E-state index is 0.413. The van der Waals surface area contributed by atoms with Crippen molar-refractivity contribution in [2.45, 2.75) is 31.8 Å². The molecule has 1 saturated heterocycles. The first-order valence-electron chi connectivity index (χ1n) is 9.01. The van der Waals surface area contributed by atoms with E-state index in [1.54, 1.807) is 0 Å². The molecule has 0 N–H and O–H groups in total. The number of hydrogen-bond acceptors (Lipinski definition) is 3. The number of likely N-dealkylation sites (tertiary alicyclic amines) is 1. The summed E-state index contributed by atoms with van der Waals surface area (Å²) >= 11 is 0. The Kier molecular flexibility index (Phi) is 4.84. The molecule has 2 aromatic heterocycles. The van der Waals surface area contributed by atoms with Crippen LogP contribution in [-0.2, 0) is 13.0 Å². The molecule has 0 saturated carbocycles. The van der Waals surface area contributed by atoms with Gasteiger partial charge in [0.1, 0.15) is 0 Å². The third kappa shape index (κ3) is 3.94. The van der Waals surface area contributed by atoms with Crippen molar-refractivity contribution < 1.29 is 0 Å². The first-order valence-corrected chi connectivity index (χ1v) is 9.01. The Morgan fingerprint density at radius 2 is 1.80 bits per heavy atom. The SMILES string of the molecule is c1ccc(Cc2cccc([C@@H]3CCCN3Cc3cccnc3)n2)cc1. The lowest BCUT2D eigenvalue weighted by atomic mass is 10.1. The molecule has 0 aliphatic carbocycles. The van der Waals surface area contributed by atoms with Crippen LogP contribution in [0.3, 0.4) is 0 Å². The predicted molar refractivity (Wildman–Crippen MR) is 100 cm³/mol. The highest BCUT2D eigenvalue weighted by Crippen LogP contribution is 2.32. The van der Waals surface area contributed by atoms with E-state index in [0.29, 0.717) is 6.04 Å². The summed E-state index contributed by atoms with van der Waals surface area (Å²) in [5.41, 5.74) is 4.94. The lowest BCUT2D eigenvalue weighted by Crippen LogP contribution is -2.23. The minimum Gasteiger partial charge on any atom is -0.290 e. The molecule has 0 radical (unpaired) electrons. The van der Waals surface area contributed by atoms with Crippen LogP contribution in [0.5, 0.6) is 0 Å². The maximum absolute atomic E-state index is 4.98. The Hall–Kier alpha value is -2.52. The summed E-state index contributed by atoms with van der Waals surface area (Å²) in [6, 6.07) is 21.6. The molecule has 1 aromatic carbocycles. The van der Waals surface area contributed by atoms with Crippen LogP contribution in [0.15, 0.2) is 73.1 Å². The van der Waals surface area contributed by atoms with Crippen LogP contribution < -0.4 is 0 Å². The second-order valence-electron chi connectivity index (χ2n) is 6.71. The summed E-state index contributed by atoms with van der Waals surface area (Å²) in [5, 5.41) is 0. The van der Waals surface area contributed by atoms with E-state index in [-0.39, 0.29) is 0 Å². The molecule has 3 aromatic rings. The number of rotatable bonds is 5. The molecule has 3 heteroatoms. The molecule has 4 rings (SSSR count). The molecule has 3 heterocycles. The highest BCUT2D eigenvalue weighted by atomic mass is 15.2. The number of hydrogen-bond donors (Lipinski definition) is 0. The summed E-state index contributed by atoms with van der Waals surface area (Å²) in [4.78, 5) is 11.8. The molecule has 3 nitrogen and oxygen atoms in total. The van der Waals surface area contributed by atoms with Crippen molar-refractivity contribution in [1.29, 1.82) is 0 Å². The van der Waals surface area contributed by atoms with Crippen molar-refractivity contribution in [3.63, 3.8) is 0 Å². The highest BCUT2D eigenvalue weighted by Gasteiger charge is 2.27. The van der Waals surface area contributed by atoms with Gasteiger partial charge in [0, 0.05) is 31.1 Å². The van der Waals surface area contributed by atoms with Gasteiger partial charge < -0.3 is 0 Å². The van der Waals surface area contributed by atoms with E-state index in [1.165, 1.54) is 29.7 Å². The lowest BCUT2D eigenvalue weighted by molar-refractivity contribution is 0.244. The molecule has 25 heavy (non-hydrogen) atoms. The Labute approximate surface area is 149 Å². The zero-order valence-electron chi connectivity index (χ0n) is 14.4. The zero-order valence-corrected chi connectivity index (χ0v) is 14.4. The van der Waals surface area contributed by atoms with Gasteiger partial charge in [-0.3, -0.25) is 14.9 Å². The molecule has 0 bridgehead atoms. The minimum absolute atomic E-state index is 0.413. The van der Waals surface area contributed by atoms with Crippen molar-refractivity contribution in [2.75, 3.05) is 6.54 Å². The largest absolute Gasteiger partial charge is 0.290 e. The number of aromatic nitrogens is 2. The van der Waals surface area contributed by atoms with Crippen LogP contribution in [0.25, 0.3) is 0 Å². The molecule has 1 fully saturated rings. The van der Waals surface area contributed by atoms with Crippen LogP contribution in [0.2, 0.25) is 0 Å². The number of pyridine rings is 2. The normalized spacial score (nSPS) is 17.7. The molecular weight excluding hydrogens is 306 g/mol. The molecule has 0 amide bonds. The first kappa shape index (κ1) is 16.0. The average Bonchev–Trinajstić information content (AvgIpc) is 3.12. The van der Waals surface area contributed by atoms with Crippen molar-refractivity contribution in [3.8, 4) is 0 Å². The summed E-state index contributed by atoms with van der Waals surface area (Å²) in [5.74, 6) is 0. The standard InChI is InChI=1S/C22H23N3/c1-2-7-18(8-3-1)15-20-10-4-11-21(24-20)22-12-6-14-25(22)17-19-9-5-13-23-16-19/h1-5,7-11,13,16,22H,6,12,14-15,17H2/t22-/m0/s1. The molecule has 126 valence electrons. The predicted octanol–water partition coefficient (Wildman–Crippen LogP) is 4.40. The van der Waals surface area contributed by atoms with Gasteiger partial charge >= 0.3 is 0 Å². The smallest absolute Gasteiger partial charge is 0.0578 e. The van der Waals surface area contributed by atoms with Crippen molar-refractivity contribution in [2.24, 2.45) is 0 Å². The van der Waals surface area contributed by atoms with E-state index in [1.807, 2.05) is 18.5 Å². The first-order chi connectivity index (χ1) is 12.4. The quantitative estimate of drug-likeness (QED) is 0.694. The molecule has 0 unspecified atom stereocenters. The second-order valence-corrected chi connectivity index (χ2v) is 6.71. The van der Waals surface area contributed by atoms with E-state index < -0.39 is 0 Å². The van der Waals surface area contributed by atoms with Gasteiger partial charge in [0.05, 0.1) is 11.7 Å². The van der Waals surface area contributed by atoms with Crippen LogP contribution in [0.4, 0.5) is 0 Å². The topological polar surface area (TPSA) is 29.0 Å². The van der Waals surface area contributed by atoms with Crippen LogP contribution in [0, 0.1) is 0 Å². The van der Waals surface area contributed by atoms with Crippen LogP contribution in [0.1, 0.15) is 41.4 Å². The third-order valence-electron chi connectivity index (χ3n) is 4.87. The van der Waals surface area contributed by atoms with E-state index in [9.17, 15) is 0 Å².